The summed E-state index contributed by atoms with van der Waals surface area (Å²) in [6.45, 7) is 1.71. The van der Waals surface area contributed by atoms with Gasteiger partial charge in [0, 0.05) is 6.04 Å². The van der Waals surface area contributed by atoms with E-state index in [9.17, 15) is 5.11 Å². The van der Waals surface area contributed by atoms with Crippen LogP contribution in [0.5, 0.6) is 11.5 Å². The van der Waals surface area contributed by atoms with Crippen molar-refractivity contribution >= 4 is 0 Å². The maximum atomic E-state index is 9.31. The third-order valence-corrected chi connectivity index (χ3v) is 2.83. The van der Waals surface area contributed by atoms with Gasteiger partial charge < -0.3 is 20.3 Å². The SMILES string of the molecule is COc1ccc(CCC(N)C(C)O)cc1OC. The highest BCUT2D eigenvalue weighted by Gasteiger charge is 2.10. The smallest absolute Gasteiger partial charge is 0.160 e. The summed E-state index contributed by atoms with van der Waals surface area (Å²) in [5.74, 6) is 1.44. The van der Waals surface area contributed by atoms with Crippen LogP contribution in [-0.2, 0) is 6.42 Å². The first-order valence-electron chi connectivity index (χ1n) is 5.73. The topological polar surface area (TPSA) is 64.7 Å². The minimum atomic E-state index is -0.477. The van der Waals surface area contributed by atoms with Gasteiger partial charge in [-0.3, -0.25) is 0 Å². The highest BCUT2D eigenvalue weighted by molar-refractivity contribution is 5.42. The van der Waals surface area contributed by atoms with E-state index in [0.717, 1.165) is 29.9 Å². The van der Waals surface area contributed by atoms with E-state index in [1.54, 1.807) is 21.1 Å². The van der Waals surface area contributed by atoms with Crippen LogP contribution in [0.25, 0.3) is 0 Å². The molecular weight excluding hydrogens is 218 g/mol. The van der Waals surface area contributed by atoms with E-state index in [2.05, 4.69) is 0 Å². The number of aliphatic hydroxyl groups excluding tert-OH is 1. The molecule has 0 saturated carbocycles. The largest absolute Gasteiger partial charge is 0.493 e. The number of methoxy groups -OCH3 is 2. The van der Waals surface area contributed by atoms with E-state index in [1.807, 2.05) is 18.2 Å². The van der Waals surface area contributed by atoms with Crippen molar-refractivity contribution in [3.8, 4) is 11.5 Å². The summed E-state index contributed by atoms with van der Waals surface area (Å²) in [5, 5.41) is 9.31. The van der Waals surface area contributed by atoms with Crippen LogP contribution < -0.4 is 15.2 Å². The molecule has 0 amide bonds. The molecule has 0 aromatic heterocycles. The average molecular weight is 239 g/mol. The van der Waals surface area contributed by atoms with Crippen LogP contribution >= 0.6 is 0 Å². The molecule has 0 aliphatic rings. The Morgan fingerprint density at radius 3 is 2.41 bits per heavy atom. The third kappa shape index (κ3) is 3.91. The molecule has 0 aliphatic heterocycles. The van der Waals surface area contributed by atoms with Crippen LogP contribution in [0.3, 0.4) is 0 Å². The van der Waals surface area contributed by atoms with E-state index in [1.165, 1.54) is 0 Å². The van der Waals surface area contributed by atoms with Crippen molar-refractivity contribution in [2.24, 2.45) is 5.73 Å². The van der Waals surface area contributed by atoms with Crippen molar-refractivity contribution in [2.45, 2.75) is 31.9 Å². The summed E-state index contributed by atoms with van der Waals surface area (Å²) in [4.78, 5) is 0. The Hall–Kier alpha value is -1.26. The maximum absolute atomic E-state index is 9.31. The van der Waals surface area contributed by atoms with E-state index in [0.29, 0.717) is 0 Å². The molecule has 2 atom stereocenters. The predicted molar refractivity (Wildman–Crippen MR) is 67.5 cm³/mol. The predicted octanol–water partition coefficient (Wildman–Crippen LogP) is 1.34. The van der Waals surface area contributed by atoms with Crippen molar-refractivity contribution in [1.82, 2.24) is 0 Å². The van der Waals surface area contributed by atoms with Crippen LogP contribution in [0.15, 0.2) is 18.2 Å². The highest BCUT2D eigenvalue weighted by Crippen LogP contribution is 2.28. The van der Waals surface area contributed by atoms with Gasteiger partial charge in [-0.2, -0.15) is 0 Å². The monoisotopic (exact) mass is 239 g/mol. The number of aryl methyl sites for hydroxylation is 1. The first-order valence-corrected chi connectivity index (χ1v) is 5.73. The lowest BCUT2D eigenvalue weighted by Gasteiger charge is -2.15. The zero-order valence-corrected chi connectivity index (χ0v) is 10.6. The normalized spacial score (nSPS) is 14.2. The van der Waals surface area contributed by atoms with Crippen LogP contribution in [0.4, 0.5) is 0 Å². The van der Waals surface area contributed by atoms with E-state index >= 15 is 0 Å². The number of hydrogen-bond acceptors (Lipinski definition) is 4. The minimum Gasteiger partial charge on any atom is -0.493 e. The first kappa shape index (κ1) is 13.8. The molecule has 2 unspecified atom stereocenters. The zero-order chi connectivity index (χ0) is 12.8. The molecule has 96 valence electrons. The van der Waals surface area contributed by atoms with Crippen LogP contribution in [0.2, 0.25) is 0 Å². The number of hydrogen-bond donors (Lipinski definition) is 2. The Kier molecular flexibility index (Phi) is 5.25. The second-order valence-electron chi connectivity index (χ2n) is 4.13. The summed E-state index contributed by atoms with van der Waals surface area (Å²) < 4.78 is 10.4. The molecule has 0 aliphatic carbocycles. The molecule has 17 heavy (non-hydrogen) atoms. The molecule has 0 spiro atoms. The molecule has 4 heteroatoms. The Bertz CT molecular complexity index is 353. The van der Waals surface area contributed by atoms with Gasteiger partial charge in [0.05, 0.1) is 20.3 Å². The van der Waals surface area contributed by atoms with E-state index in [-0.39, 0.29) is 6.04 Å². The molecule has 0 radical (unpaired) electrons. The lowest BCUT2D eigenvalue weighted by Crippen LogP contribution is -2.32. The summed E-state index contributed by atoms with van der Waals surface area (Å²) in [6.07, 6.45) is 1.08. The molecule has 0 saturated heterocycles. The summed E-state index contributed by atoms with van der Waals surface area (Å²) >= 11 is 0. The van der Waals surface area contributed by atoms with E-state index in [4.69, 9.17) is 15.2 Å². The number of rotatable bonds is 6. The Morgan fingerprint density at radius 2 is 1.88 bits per heavy atom. The summed E-state index contributed by atoms with van der Waals surface area (Å²) in [7, 11) is 3.23. The van der Waals surface area contributed by atoms with Crippen molar-refractivity contribution in [3.05, 3.63) is 23.8 Å². The second-order valence-corrected chi connectivity index (χ2v) is 4.13. The molecule has 0 bridgehead atoms. The highest BCUT2D eigenvalue weighted by atomic mass is 16.5. The van der Waals surface area contributed by atoms with Gasteiger partial charge in [-0.25, -0.2) is 0 Å². The lowest BCUT2D eigenvalue weighted by molar-refractivity contribution is 0.159. The van der Waals surface area contributed by atoms with Gasteiger partial charge in [-0.05, 0) is 37.5 Å². The molecule has 4 nitrogen and oxygen atoms in total. The second kappa shape index (κ2) is 6.47. The lowest BCUT2D eigenvalue weighted by atomic mass is 10.0. The van der Waals surface area contributed by atoms with Gasteiger partial charge in [-0.15, -0.1) is 0 Å². The van der Waals surface area contributed by atoms with Crippen molar-refractivity contribution in [2.75, 3.05) is 14.2 Å². The summed E-state index contributed by atoms with van der Waals surface area (Å²) in [6, 6.07) is 5.61. The number of aliphatic hydroxyl groups is 1. The number of benzene rings is 1. The zero-order valence-electron chi connectivity index (χ0n) is 10.6. The average Bonchev–Trinajstić information content (AvgIpc) is 2.35. The molecule has 0 fully saturated rings. The number of ether oxygens (including phenoxy) is 2. The fraction of sp³-hybridized carbons (Fsp3) is 0.538. The van der Waals surface area contributed by atoms with Crippen LogP contribution in [0, 0.1) is 0 Å². The van der Waals surface area contributed by atoms with Gasteiger partial charge in [0.2, 0.25) is 0 Å². The van der Waals surface area contributed by atoms with Gasteiger partial charge >= 0.3 is 0 Å². The molecule has 1 rings (SSSR count). The van der Waals surface area contributed by atoms with Gasteiger partial charge in [0.15, 0.2) is 11.5 Å². The van der Waals surface area contributed by atoms with Crippen molar-refractivity contribution < 1.29 is 14.6 Å². The van der Waals surface area contributed by atoms with Crippen LogP contribution in [-0.4, -0.2) is 31.5 Å². The quantitative estimate of drug-likeness (QED) is 0.786. The standard InChI is InChI=1S/C13H21NO3/c1-9(15)11(14)6-4-10-5-7-12(16-2)13(8-10)17-3/h5,7-9,11,15H,4,6,14H2,1-3H3. The molecule has 3 N–H and O–H groups in total. The van der Waals surface area contributed by atoms with Crippen molar-refractivity contribution in [1.29, 1.82) is 0 Å². The summed E-state index contributed by atoms with van der Waals surface area (Å²) in [5.41, 5.74) is 6.91. The fourth-order valence-electron chi connectivity index (χ4n) is 1.61. The van der Waals surface area contributed by atoms with Gasteiger partial charge in [0.1, 0.15) is 0 Å². The Morgan fingerprint density at radius 1 is 1.24 bits per heavy atom. The van der Waals surface area contributed by atoms with Crippen LogP contribution in [0.1, 0.15) is 18.9 Å². The Balaban J connectivity index is 2.66. The fourth-order valence-corrected chi connectivity index (χ4v) is 1.61. The molecular formula is C13H21NO3. The molecule has 1 aromatic rings. The minimum absolute atomic E-state index is 0.192. The first-order chi connectivity index (χ1) is 8.08. The van der Waals surface area contributed by atoms with Gasteiger partial charge in [0.25, 0.3) is 0 Å². The third-order valence-electron chi connectivity index (χ3n) is 2.83. The maximum Gasteiger partial charge on any atom is 0.160 e. The van der Waals surface area contributed by atoms with Gasteiger partial charge in [-0.1, -0.05) is 6.07 Å². The van der Waals surface area contributed by atoms with E-state index < -0.39 is 6.10 Å². The molecule has 1 aromatic carbocycles. The van der Waals surface area contributed by atoms with Crippen molar-refractivity contribution in [3.63, 3.8) is 0 Å². The molecule has 0 heterocycles. The number of nitrogens with two attached hydrogens (primary N) is 1. The Labute approximate surface area is 102 Å².